The maximum absolute atomic E-state index is 13.5. The van der Waals surface area contributed by atoms with Gasteiger partial charge in [0, 0.05) is 26.3 Å². The van der Waals surface area contributed by atoms with E-state index in [2.05, 4.69) is 30.2 Å². The highest BCUT2D eigenvalue weighted by Crippen LogP contribution is 2.26. The summed E-state index contributed by atoms with van der Waals surface area (Å²) in [6.45, 7) is 5.20. The second-order valence-electron chi connectivity index (χ2n) is 7.33. The highest BCUT2D eigenvalue weighted by molar-refractivity contribution is 5.94. The lowest BCUT2D eigenvalue weighted by molar-refractivity contribution is 0.0530. The first-order chi connectivity index (χ1) is 12.5. The van der Waals surface area contributed by atoms with Gasteiger partial charge in [-0.05, 0) is 45.1 Å². The Labute approximate surface area is 156 Å². The number of benzene rings is 1. The molecule has 2 aromatic rings. The Morgan fingerprint density at radius 1 is 1.35 bits per heavy atom. The van der Waals surface area contributed by atoms with E-state index < -0.39 is 0 Å². The molecule has 5 heteroatoms. The van der Waals surface area contributed by atoms with Gasteiger partial charge in [-0.1, -0.05) is 29.8 Å². The van der Waals surface area contributed by atoms with Crippen molar-refractivity contribution in [1.82, 2.24) is 14.7 Å². The molecule has 1 aromatic carbocycles. The van der Waals surface area contributed by atoms with Gasteiger partial charge in [0.1, 0.15) is 5.69 Å². The molecular formula is C21H29N3O2. The third kappa shape index (κ3) is 3.83. The molecule has 1 atom stereocenters. The Bertz CT molecular complexity index is 782. The van der Waals surface area contributed by atoms with Crippen LogP contribution in [0.4, 0.5) is 0 Å². The van der Waals surface area contributed by atoms with Crippen LogP contribution in [0.2, 0.25) is 0 Å². The van der Waals surface area contributed by atoms with Crippen molar-refractivity contribution >= 4 is 5.91 Å². The number of amides is 1. The molecule has 1 aliphatic rings. The highest BCUT2D eigenvalue weighted by Gasteiger charge is 2.29. The van der Waals surface area contributed by atoms with E-state index in [1.165, 1.54) is 5.56 Å². The number of aromatic nitrogens is 2. The number of rotatable bonds is 6. The molecule has 0 aliphatic heterocycles. The first kappa shape index (κ1) is 18.6. The first-order valence-corrected chi connectivity index (χ1v) is 9.41. The van der Waals surface area contributed by atoms with Gasteiger partial charge in [0.15, 0.2) is 0 Å². The molecule has 0 unspecified atom stereocenters. The quantitative estimate of drug-likeness (QED) is 0.799. The number of carbonyl (C=O) groups is 1. The molecule has 0 N–H and O–H groups in total. The summed E-state index contributed by atoms with van der Waals surface area (Å²) in [5, 5.41) is 4.62. The predicted octanol–water partition coefficient (Wildman–Crippen LogP) is 3.28. The molecule has 0 saturated carbocycles. The molecule has 0 spiro atoms. The largest absolute Gasteiger partial charge is 0.383 e. The van der Waals surface area contributed by atoms with Crippen molar-refractivity contribution in [3.05, 3.63) is 52.3 Å². The summed E-state index contributed by atoms with van der Waals surface area (Å²) in [6.07, 6.45) is 4.21. The van der Waals surface area contributed by atoms with Crippen LogP contribution in [-0.2, 0) is 31.2 Å². The van der Waals surface area contributed by atoms with Gasteiger partial charge in [-0.2, -0.15) is 5.10 Å². The number of aryl methyl sites for hydroxylation is 3. The van der Waals surface area contributed by atoms with Crippen molar-refractivity contribution in [2.24, 2.45) is 7.05 Å². The van der Waals surface area contributed by atoms with Gasteiger partial charge in [0.2, 0.25) is 0 Å². The molecule has 1 aromatic heterocycles. The van der Waals surface area contributed by atoms with Gasteiger partial charge in [-0.15, -0.1) is 0 Å². The zero-order chi connectivity index (χ0) is 18.7. The average Bonchev–Trinajstić information content (AvgIpc) is 2.95. The monoisotopic (exact) mass is 355 g/mol. The van der Waals surface area contributed by atoms with Gasteiger partial charge >= 0.3 is 0 Å². The third-order valence-electron chi connectivity index (χ3n) is 5.16. The van der Waals surface area contributed by atoms with Crippen LogP contribution < -0.4 is 0 Å². The van der Waals surface area contributed by atoms with Crippen LogP contribution in [-0.4, -0.2) is 40.3 Å². The van der Waals surface area contributed by atoms with Crippen LogP contribution in [0, 0.1) is 6.92 Å². The fourth-order valence-electron chi connectivity index (χ4n) is 3.85. The lowest BCUT2D eigenvalue weighted by atomic mass is 9.95. The summed E-state index contributed by atoms with van der Waals surface area (Å²) in [7, 11) is 3.56. The molecule has 0 fully saturated rings. The minimum atomic E-state index is -0.0119. The van der Waals surface area contributed by atoms with Crippen molar-refractivity contribution in [3.8, 4) is 0 Å². The third-order valence-corrected chi connectivity index (χ3v) is 5.16. The molecule has 3 rings (SSSR count). The van der Waals surface area contributed by atoms with Crippen molar-refractivity contribution < 1.29 is 9.53 Å². The van der Waals surface area contributed by atoms with E-state index in [1.807, 2.05) is 24.9 Å². The van der Waals surface area contributed by atoms with Crippen molar-refractivity contribution in [2.45, 2.75) is 52.1 Å². The highest BCUT2D eigenvalue weighted by atomic mass is 16.5. The Morgan fingerprint density at radius 2 is 2.12 bits per heavy atom. The normalized spacial score (nSPS) is 14.8. The van der Waals surface area contributed by atoms with Gasteiger partial charge < -0.3 is 9.64 Å². The van der Waals surface area contributed by atoms with Crippen LogP contribution in [0.15, 0.2) is 24.3 Å². The molecule has 0 saturated heterocycles. The summed E-state index contributed by atoms with van der Waals surface area (Å²) >= 11 is 0. The van der Waals surface area contributed by atoms with Gasteiger partial charge in [0.05, 0.1) is 18.3 Å². The maximum Gasteiger partial charge on any atom is 0.273 e. The summed E-state index contributed by atoms with van der Waals surface area (Å²) in [5.74, 6) is 0.0502. The number of fused-ring (bicyclic) bond motifs is 1. The topological polar surface area (TPSA) is 47.4 Å². The minimum Gasteiger partial charge on any atom is -0.383 e. The SMILES string of the molecule is COC[C@@H](C)N(Cc1cccc(C)c1)C(=O)c1c2c(nn1C)CCCC2. The Morgan fingerprint density at radius 3 is 2.85 bits per heavy atom. The average molecular weight is 355 g/mol. The van der Waals surface area contributed by atoms with Crippen LogP contribution in [0.5, 0.6) is 0 Å². The smallest absolute Gasteiger partial charge is 0.273 e. The fourth-order valence-corrected chi connectivity index (χ4v) is 3.85. The van der Waals surface area contributed by atoms with Crippen molar-refractivity contribution in [1.29, 1.82) is 0 Å². The van der Waals surface area contributed by atoms with Gasteiger partial charge in [0.25, 0.3) is 5.91 Å². The maximum atomic E-state index is 13.5. The van der Waals surface area contributed by atoms with E-state index >= 15 is 0 Å². The van der Waals surface area contributed by atoms with E-state index in [0.29, 0.717) is 13.2 Å². The zero-order valence-corrected chi connectivity index (χ0v) is 16.3. The van der Waals surface area contributed by atoms with E-state index in [0.717, 1.165) is 48.2 Å². The molecule has 0 bridgehead atoms. The minimum absolute atomic E-state index is 0.0119. The molecular weight excluding hydrogens is 326 g/mol. The van der Waals surface area contributed by atoms with Gasteiger partial charge in [-0.3, -0.25) is 9.48 Å². The first-order valence-electron chi connectivity index (χ1n) is 9.41. The number of hydrogen-bond donors (Lipinski definition) is 0. The number of carbonyl (C=O) groups excluding carboxylic acids is 1. The predicted molar refractivity (Wildman–Crippen MR) is 102 cm³/mol. The zero-order valence-electron chi connectivity index (χ0n) is 16.3. The molecule has 1 heterocycles. The van der Waals surface area contributed by atoms with Crippen LogP contribution in [0.1, 0.15) is 52.6 Å². The summed E-state index contributed by atoms with van der Waals surface area (Å²) in [5.41, 5.74) is 5.32. The molecule has 140 valence electrons. The summed E-state index contributed by atoms with van der Waals surface area (Å²) in [6, 6.07) is 8.32. The van der Waals surface area contributed by atoms with E-state index in [9.17, 15) is 4.79 Å². The van der Waals surface area contributed by atoms with Crippen molar-refractivity contribution in [2.75, 3.05) is 13.7 Å². The Kier molecular flexibility index (Phi) is 5.77. The van der Waals surface area contributed by atoms with Crippen molar-refractivity contribution in [3.63, 3.8) is 0 Å². The van der Waals surface area contributed by atoms with Crippen LogP contribution in [0.25, 0.3) is 0 Å². The number of nitrogens with zero attached hydrogens (tertiary/aromatic N) is 3. The number of hydrogen-bond acceptors (Lipinski definition) is 3. The second-order valence-corrected chi connectivity index (χ2v) is 7.33. The lowest BCUT2D eigenvalue weighted by Crippen LogP contribution is -2.41. The van der Waals surface area contributed by atoms with E-state index in [-0.39, 0.29) is 11.9 Å². The molecule has 1 amide bonds. The molecule has 1 aliphatic carbocycles. The fraction of sp³-hybridized carbons (Fsp3) is 0.524. The number of ether oxygens (including phenoxy) is 1. The Balaban J connectivity index is 1.94. The Hall–Kier alpha value is -2.14. The van der Waals surface area contributed by atoms with Gasteiger partial charge in [-0.25, -0.2) is 0 Å². The molecule has 0 radical (unpaired) electrons. The van der Waals surface area contributed by atoms with E-state index in [1.54, 1.807) is 11.8 Å². The van der Waals surface area contributed by atoms with E-state index in [4.69, 9.17) is 4.74 Å². The number of methoxy groups -OCH3 is 1. The molecule has 5 nitrogen and oxygen atoms in total. The van der Waals surface area contributed by atoms with Crippen LogP contribution in [0.3, 0.4) is 0 Å². The summed E-state index contributed by atoms with van der Waals surface area (Å²) in [4.78, 5) is 15.4. The second kappa shape index (κ2) is 8.04. The van der Waals surface area contributed by atoms with Crippen LogP contribution >= 0.6 is 0 Å². The lowest BCUT2D eigenvalue weighted by Gasteiger charge is -2.29. The summed E-state index contributed by atoms with van der Waals surface area (Å²) < 4.78 is 7.12. The standard InChI is InChI=1S/C21H29N3O2/c1-15-8-7-9-17(12-15)13-24(16(2)14-26-4)21(25)20-18-10-5-6-11-19(18)22-23(20)3/h7-9,12,16H,5-6,10-11,13-14H2,1-4H3/t16-/m1/s1. The molecule has 26 heavy (non-hydrogen) atoms.